The van der Waals surface area contributed by atoms with Crippen molar-refractivity contribution in [2.75, 3.05) is 26.3 Å². The van der Waals surface area contributed by atoms with Gasteiger partial charge in [0.2, 0.25) is 5.91 Å². The van der Waals surface area contributed by atoms with Gasteiger partial charge in [-0.05, 0) is 20.3 Å². The van der Waals surface area contributed by atoms with Crippen molar-refractivity contribution in [2.45, 2.75) is 33.2 Å². The summed E-state index contributed by atoms with van der Waals surface area (Å²) < 4.78 is 5.26. The van der Waals surface area contributed by atoms with E-state index in [1.54, 1.807) is 0 Å². The average molecular weight is 298 g/mol. The van der Waals surface area contributed by atoms with Gasteiger partial charge in [-0.2, -0.15) is 0 Å². The molecule has 0 radical (unpaired) electrons. The first kappa shape index (κ1) is 17.2. The fourth-order valence-electron chi connectivity index (χ4n) is 1.97. The van der Waals surface area contributed by atoms with Crippen LogP contribution in [-0.4, -0.2) is 60.1 Å². The number of hydrogen-bond donors (Lipinski definition) is 2. The highest BCUT2D eigenvalue weighted by Gasteiger charge is 2.33. The Kier molecular flexibility index (Phi) is 6.36. The fraction of sp³-hybridized carbons (Fsp3) is 0.643. The van der Waals surface area contributed by atoms with Crippen LogP contribution in [0.15, 0.2) is 11.1 Å². The number of carboxylic acid groups (broad SMARTS) is 1. The summed E-state index contributed by atoms with van der Waals surface area (Å²) in [5.41, 5.74) is 0.122. The Morgan fingerprint density at radius 2 is 1.95 bits per heavy atom. The Bertz CT molecular complexity index is 458. The Morgan fingerprint density at radius 3 is 2.52 bits per heavy atom. The van der Waals surface area contributed by atoms with Gasteiger partial charge >= 0.3 is 5.97 Å². The molecule has 1 rings (SSSR count). The molecule has 118 valence electrons. The topological polar surface area (TPSA) is 95.9 Å². The van der Waals surface area contributed by atoms with E-state index in [-0.39, 0.29) is 30.2 Å². The second-order valence-corrected chi connectivity index (χ2v) is 4.94. The number of amides is 2. The van der Waals surface area contributed by atoms with Crippen LogP contribution >= 0.6 is 0 Å². The molecule has 1 aliphatic heterocycles. The standard InChI is InChI=1S/C14H22N2O5/c1-4-5-15-12(17)11-8-21-7-6-16(11)13(18)9(2)10(3)14(19)20/h11H,4-8H2,1-3H3,(H,15,17)(H,19,20). The molecule has 21 heavy (non-hydrogen) atoms. The minimum Gasteiger partial charge on any atom is -0.478 e. The number of morpholine rings is 1. The highest BCUT2D eigenvalue weighted by atomic mass is 16.5. The molecule has 0 aliphatic carbocycles. The second-order valence-electron chi connectivity index (χ2n) is 4.94. The maximum Gasteiger partial charge on any atom is 0.331 e. The summed E-state index contributed by atoms with van der Waals surface area (Å²) in [5.74, 6) is -1.85. The van der Waals surface area contributed by atoms with Gasteiger partial charge in [0.05, 0.1) is 13.2 Å². The zero-order chi connectivity index (χ0) is 16.0. The quantitative estimate of drug-likeness (QED) is 0.705. The van der Waals surface area contributed by atoms with Crippen LogP contribution in [0.1, 0.15) is 27.2 Å². The highest BCUT2D eigenvalue weighted by Crippen LogP contribution is 2.14. The third-order valence-corrected chi connectivity index (χ3v) is 3.45. The number of hydrogen-bond acceptors (Lipinski definition) is 4. The van der Waals surface area contributed by atoms with E-state index < -0.39 is 17.9 Å². The van der Waals surface area contributed by atoms with E-state index in [4.69, 9.17) is 9.84 Å². The van der Waals surface area contributed by atoms with Crippen molar-refractivity contribution in [1.29, 1.82) is 0 Å². The van der Waals surface area contributed by atoms with Crippen molar-refractivity contribution >= 4 is 17.8 Å². The second kappa shape index (κ2) is 7.78. The van der Waals surface area contributed by atoms with Gasteiger partial charge < -0.3 is 20.1 Å². The third-order valence-electron chi connectivity index (χ3n) is 3.45. The molecular weight excluding hydrogens is 276 g/mol. The van der Waals surface area contributed by atoms with Gasteiger partial charge in [-0.25, -0.2) is 4.79 Å². The molecule has 1 atom stereocenters. The SMILES string of the molecule is CCCNC(=O)C1COCCN1C(=O)C(C)=C(C)C(=O)O. The summed E-state index contributed by atoms with van der Waals surface area (Å²) in [5, 5.41) is 11.7. The van der Waals surface area contributed by atoms with Crippen LogP contribution in [0.5, 0.6) is 0 Å². The molecule has 1 heterocycles. The fourth-order valence-corrected chi connectivity index (χ4v) is 1.97. The van der Waals surface area contributed by atoms with Crippen LogP contribution in [0.4, 0.5) is 0 Å². The maximum absolute atomic E-state index is 12.4. The Hall–Kier alpha value is -1.89. The van der Waals surface area contributed by atoms with E-state index >= 15 is 0 Å². The van der Waals surface area contributed by atoms with Crippen molar-refractivity contribution < 1.29 is 24.2 Å². The Morgan fingerprint density at radius 1 is 1.29 bits per heavy atom. The molecule has 2 amide bonds. The van der Waals surface area contributed by atoms with Crippen LogP contribution in [0.3, 0.4) is 0 Å². The highest BCUT2D eigenvalue weighted by molar-refractivity contribution is 6.03. The lowest BCUT2D eigenvalue weighted by atomic mass is 10.1. The van der Waals surface area contributed by atoms with Gasteiger partial charge in [-0.3, -0.25) is 9.59 Å². The van der Waals surface area contributed by atoms with Crippen LogP contribution in [-0.2, 0) is 19.1 Å². The molecule has 1 saturated heterocycles. The lowest BCUT2D eigenvalue weighted by Crippen LogP contribution is -2.56. The van der Waals surface area contributed by atoms with E-state index in [2.05, 4.69) is 5.32 Å². The first-order valence-corrected chi connectivity index (χ1v) is 6.97. The number of rotatable bonds is 5. The maximum atomic E-state index is 12.4. The van der Waals surface area contributed by atoms with Crippen LogP contribution in [0.2, 0.25) is 0 Å². The van der Waals surface area contributed by atoms with Gasteiger partial charge in [-0.15, -0.1) is 0 Å². The summed E-state index contributed by atoms with van der Waals surface area (Å²) in [7, 11) is 0. The van der Waals surface area contributed by atoms with Gasteiger partial charge in [-0.1, -0.05) is 6.92 Å². The Labute approximate surface area is 123 Å². The lowest BCUT2D eigenvalue weighted by Gasteiger charge is -2.35. The zero-order valence-corrected chi connectivity index (χ0v) is 12.6. The van der Waals surface area contributed by atoms with Crippen LogP contribution in [0, 0.1) is 0 Å². The predicted octanol–water partition coefficient (Wildman–Crippen LogP) is 0.161. The van der Waals surface area contributed by atoms with Gasteiger partial charge in [0.15, 0.2) is 0 Å². The summed E-state index contributed by atoms with van der Waals surface area (Å²) in [6.07, 6.45) is 0.796. The van der Waals surface area contributed by atoms with Crippen molar-refractivity contribution in [3.05, 3.63) is 11.1 Å². The molecule has 0 spiro atoms. The van der Waals surface area contributed by atoms with Crippen molar-refractivity contribution in [2.24, 2.45) is 0 Å². The number of carbonyl (C=O) groups excluding carboxylic acids is 2. The van der Waals surface area contributed by atoms with E-state index in [0.717, 1.165) is 6.42 Å². The number of aliphatic carboxylic acids is 1. The monoisotopic (exact) mass is 298 g/mol. The molecule has 1 fully saturated rings. The molecule has 0 saturated carbocycles. The van der Waals surface area contributed by atoms with Gasteiger partial charge in [0.1, 0.15) is 6.04 Å². The molecule has 0 bridgehead atoms. The number of nitrogens with zero attached hydrogens (tertiary/aromatic N) is 1. The van der Waals surface area contributed by atoms with Crippen LogP contribution in [0.25, 0.3) is 0 Å². The third kappa shape index (κ3) is 4.29. The van der Waals surface area contributed by atoms with E-state index in [1.165, 1.54) is 18.7 Å². The molecule has 1 unspecified atom stereocenters. The van der Waals surface area contributed by atoms with E-state index in [0.29, 0.717) is 13.2 Å². The molecule has 7 nitrogen and oxygen atoms in total. The normalized spacial score (nSPS) is 19.8. The average Bonchev–Trinajstić information content (AvgIpc) is 2.50. The summed E-state index contributed by atoms with van der Waals surface area (Å²) in [6, 6.07) is -0.714. The molecule has 0 aromatic heterocycles. The molecule has 0 aromatic carbocycles. The number of ether oxygens (including phenoxy) is 1. The van der Waals surface area contributed by atoms with Gasteiger partial charge in [0, 0.05) is 24.2 Å². The molecule has 7 heteroatoms. The largest absolute Gasteiger partial charge is 0.478 e. The van der Waals surface area contributed by atoms with Crippen molar-refractivity contribution in [3.63, 3.8) is 0 Å². The van der Waals surface area contributed by atoms with Gasteiger partial charge in [0.25, 0.3) is 5.91 Å². The van der Waals surface area contributed by atoms with Crippen molar-refractivity contribution in [1.82, 2.24) is 10.2 Å². The molecule has 2 N–H and O–H groups in total. The Balaban J connectivity index is 2.91. The first-order valence-electron chi connectivity index (χ1n) is 6.97. The minimum atomic E-state index is -1.14. The summed E-state index contributed by atoms with van der Waals surface area (Å²) in [4.78, 5) is 36.8. The smallest absolute Gasteiger partial charge is 0.331 e. The van der Waals surface area contributed by atoms with E-state index in [9.17, 15) is 14.4 Å². The minimum absolute atomic E-state index is 0.0146. The summed E-state index contributed by atoms with van der Waals surface area (Å²) >= 11 is 0. The van der Waals surface area contributed by atoms with E-state index in [1.807, 2.05) is 6.92 Å². The number of carbonyl (C=O) groups is 3. The first-order chi connectivity index (χ1) is 9.90. The number of nitrogens with one attached hydrogen (secondary N) is 1. The van der Waals surface area contributed by atoms with Crippen LogP contribution < -0.4 is 5.32 Å². The molecule has 0 aromatic rings. The summed E-state index contributed by atoms with van der Waals surface area (Å²) in [6.45, 7) is 6.03. The molecular formula is C14H22N2O5. The predicted molar refractivity (Wildman–Crippen MR) is 75.6 cm³/mol. The zero-order valence-electron chi connectivity index (χ0n) is 12.6. The van der Waals surface area contributed by atoms with Crippen molar-refractivity contribution in [3.8, 4) is 0 Å². The number of carboxylic acids is 1. The molecule has 1 aliphatic rings. The lowest BCUT2D eigenvalue weighted by molar-refractivity contribution is -0.146.